The maximum Gasteiger partial charge on any atom is 0.252 e. The molecule has 3 aromatic rings. The first kappa shape index (κ1) is 13.8. The summed E-state index contributed by atoms with van der Waals surface area (Å²) < 4.78 is 2.75. The molecule has 0 spiro atoms. The second kappa shape index (κ2) is 5.69. The molecule has 3 rings (SSSR count). The largest absolute Gasteiger partial charge is 0.346 e. The minimum atomic E-state index is -0.115. The van der Waals surface area contributed by atoms with Crippen LogP contribution in [-0.2, 0) is 6.54 Å². The fraction of sp³-hybridized carbons (Fsp3) is 0.125. The summed E-state index contributed by atoms with van der Waals surface area (Å²) in [5, 5.41) is 2.89. The van der Waals surface area contributed by atoms with Crippen molar-refractivity contribution >= 4 is 27.5 Å². The number of amides is 1. The number of benzene rings is 1. The van der Waals surface area contributed by atoms with Crippen LogP contribution in [0.3, 0.4) is 0 Å². The first-order valence-corrected chi connectivity index (χ1v) is 7.40. The van der Waals surface area contributed by atoms with E-state index < -0.39 is 0 Å². The zero-order chi connectivity index (χ0) is 14.8. The van der Waals surface area contributed by atoms with Crippen LogP contribution in [0.1, 0.15) is 21.6 Å². The van der Waals surface area contributed by atoms with Crippen molar-refractivity contribution in [2.75, 3.05) is 0 Å². The molecule has 0 saturated heterocycles. The maximum absolute atomic E-state index is 12.1. The van der Waals surface area contributed by atoms with E-state index in [-0.39, 0.29) is 5.91 Å². The summed E-state index contributed by atoms with van der Waals surface area (Å²) in [5.74, 6) is -0.115. The Labute approximate surface area is 131 Å². The summed E-state index contributed by atoms with van der Waals surface area (Å²) in [6.45, 7) is 2.44. The quantitative estimate of drug-likeness (QED) is 0.792. The average molecular weight is 344 g/mol. The van der Waals surface area contributed by atoms with Crippen LogP contribution >= 0.6 is 15.9 Å². The van der Waals surface area contributed by atoms with E-state index in [0.717, 1.165) is 15.8 Å². The van der Waals surface area contributed by atoms with E-state index in [2.05, 4.69) is 26.2 Å². The fourth-order valence-electron chi connectivity index (χ4n) is 2.15. The summed E-state index contributed by atoms with van der Waals surface area (Å²) in [7, 11) is 0. The highest BCUT2D eigenvalue weighted by Gasteiger charge is 2.09. The van der Waals surface area contributed by atoms with E-state index in [1.54, 1.807) is 6.07 Å². The number of fused-ring (bicyclic) bond motifs is 1. The van der Waals surface area contributed by atoms with Gasteiger partial charge in [0, 0.05) is 16.9 Å². The molecule has 0 fully saturated rings. The molecule has 1 aromatic carbocycles. The van der Waals surface area contributed by atoms with Gasteiger partial charge in [0.2, 0.25) is 0 Å². The van der Waals surface area contributed by atoms with Gasteiger partial charge < -0.3 is 9.72 Å². The van der Waals surface area contributed by atoms with Gasteiger partial charge in [0.25, 0.3) is 5.91 Å². The molecule has 106 valence electrons. The Balaban J connectivity index is 1.74. The number of pyridine rings is 1. The molecule has 1 N–H and O–H groups in total. The summed E-state index contributed by atoms with van der Waals surface area (Å²) in [6.07, 6.45) is 3.95. The first-order valence-electron chi connectivity index (χ1n) is 6.60. The Morgan fingerprint density at radius 1 is 1.24 bits per heavy atom. The number of hydrogen-bond acceptors (Lipinski definition) is 2. The van der Waals surface area contributed by atoms with Crippen LogP contribution in [0.4, 0.5) is 0 Å². The number of nitrogens with zero attached hydrogens (tertiary/aromatic N) is 2. The standard InChI is InChI=1S/C16H14BrN3O/c1-11-6-7-15-19-12(10-20(15)9-11)8-18-16(21)13-4-2-3-5-14(13)17/h2-7,9-10H,8H2,1H3,(H,18,21). The first-order chi connectivity index (χ1) is 10.1. The van der Waals surface area contributed by atoms with Gasteiger partial charge in [0.1, 0.15) is 5.65 Å². The third-order valence-electron chi connectivity index (χ3n) is 3.20. The summed E-state index contributed by atoms with van der Waals surface area (Å²) >= 11 is 3.38. The molecule has 1 amide bonds. The van der Waals surface area contributed by atoms with Crippen molar-refractivity contribution < 1.29 is 4.79 Å². The Morgan fingerprint density at radius 2 is 2.05 bits per heavy atom. The fourth-order valence-corrected chi connectivity index (χ4v) is 2.62. The number of rotatable bonds is 3. The summed E-state index contributed by atoms with van der Waals surface area (Å²) in [6, 6.07) is 11.3. The van der Waals surface area contributed by atoms with E-state index in [4.69, 9.17) is 0 Å². The third-order valence-corrected chi connectivity index (χ3v) is 3.89. The third kappa shape index (κ3) is 2.97. The summed E-state index contributed by atoms with van der Waals surface area (Å²) in [5.41, 5.74) is 3.51. The van der Waals surface area contributed by atoms with Gasteiger partial charge in [-0.3, -0.25) is 4.79 Å². The number of halogens is 1. The van der Waals surface area contributed by atoms with Gasteiger partial charge in [-0.15, -0.1) is 0 Å². The Kier molecular flexibility index (Phi) is 3.75. The van der Waals surface area contributed by atoms with Crippen LogP contribution in [0.15, 0.2) is 53.3 Å². The highest BCUT2D eigenvalue weighted by Crippen LogP contribution is 2.15. The van der Waals surface area contributed by atoms with Crippen LogP contribution in [0.25, 0.3) is 5.65 Å². The minimum Gasteiger partial charge on any atom is -0.346 e. The van der Waals surface area contributed by atoms with Crippen LogP contribution < -0.4 is 5.32 Å². The smallest absolute Gasteiger partial charge is 0.252 e. The van der Waals surface area contributed by atoms with Crippen molar-refractivity contribution in [2.24, 2.45) is 0 Å². The lowest BCUT2D eigenvalue weighted by atomic mass is 10.2. The molecule has 0 atom stereocenters. The lowest BCUT2D eigenvalue weighted by Gasteiger charge is -2.04. The normalized spacial score (nSPS) is 10.8. The Bertz CT molecular complexity index is 810. The molecule has 4 nitrogen and oxygen atoms in total. The highest BCUT2D eigenvalue weighted by atomic mass is 79.9. The molecule has 0 radical (unpaired) electrons. The van der Waals surface area contributed by atoms with Crippen LogP contribution in [0.5, 0.6) is 0 Å². The molecular formula is C16H14BrN3O. The molecule has 0 aliphatic rings. The maximum atomic E-state index is 12.1. The molecule has 21 heavy (non-hydrogen) atoms. The lowest BCUT2D eigenvalue weighted by Crippen LogP contribution is -2.23. The van der Waals surface area contributed by atoms with E-state index >= 15 is 0 Å². The second-order valence-electron chi connectivity index (χ2n) is 4.87. The topological polar surface area (TPSA) is 46.4 Å². The predicted octanol–water partition coefficient (Wildman–Crippen LogP) is 3.34. The number of carbonyl (C=O) groups excluding carboxylic acids is 1. The average Bonchev–Trinajstić information content (AvgIpc) is 2.87. The van der Waals surface area contributed by atoms with Gasteiger partial charge >= 0.3 is 0 Å². The van der Waals surface area contributed by atoms with Crippen molar-refractivity contribution in [3.8, 4) is 0 Å². The Morgan fingerprint density at radius 3 is 2.86 bits per heavy atom. The van der Waals surface area contributed by atoms with E-state index in [1.807, 2.05) is 54.0 Å². The molecule has 0 bridgehead atoms. The minimum absolute atomic E-state index is 0.115. The number of imidazole rings is 1. The number of carbonyl (C=O) groups is 1. The van der Waals surface area contributed by atoms with Gasteiger partial charge in [-0.2, -0.15) is 0 Å². The Hall–Kier alpha value is -2.14. The SMILES string of the molecule is Cc1ccc2nc(CNC(=O)c3ccccc3Br)cn2c1. The van der Waals surface area contributed by atoms with Gasteiger partial charge in [-0.1, -0.05) is 18.2 Å². The van der Waals surface area contributed by atoms with Crippen LogP contribution in [-0.4, -0.2) is 15.3 Å². The van der Waals surface area contributed by atoms with Gasteiger partial charge in [-0.05, 0) is 46.6 Å². The number of nitrogens with one attached hydrogen (secondary N) is 1. The van der Waals surface area contributed by atoms with Crippen LogP contribution in [0.2, 0.25) is 0 Å². The van der Waals surface area contributed by atoms with E-state index in [0.29, 0.717) is 12.1 Å². The van der Waals surface area contributed by atoms with Crippen molar-refractivity contribution in [2.45, 2.75) is 13.5 Å². The molecular weight excluding hydrogens is 330 g/mol. The zero-order valence-corrected chi connectivity index (χ0v) is 13.1. The van der Waals surface area contributed by atoms with Gasteiger partial charge in [0.15, 0.2) is 0 Å². The number of hydrogen-bond donors (Lipinski definition) is 1. The number of aromatic nitrogens is 2. The molecule has 2 aromatic heterocycles. The molecule has 0 saturated carbocycles. The monoisotopic (exact) mass is 343 g/mol. The van der Waals surface area contributed by atoms with Crippen molar-refractivity contribution in [3.05, 3.63) is 70.1 Å². The molecule has 0 aliphatic heterocycles. The van der Waals surface area contributed by atoms with Crippen LogP contribution in [0, 0.1) is 6.92 Å². The van der Waals surface area contributed by atoms with Gasteiger partial charge in [-0.25, -0.2) is 4.98 Å². The van der Waals surface area contributed by atoms with Crippen molar-refractivity contribution in [3.63, 3.8) is 0 Å². The number of aryl methyl sites for hydroxylation is 1. The molecule has 5 heteroatoms. The lowest BCUT2D eigenvalue weighted by molar-refractivity contribution is 0.0949. The highest BCUT2D eigenvalue weighted by molar-refractivity contribution is 9.10. The zero-order valence-electron chi connectivity index (χ0n) is 11.5. The van der Waals surface area contributed by atoms with E-state index in [9.17, 15) is 4.79 Å². The molecule has 2 heterocycles. The van der Waals surface area contributed by atoms with Crippen molar-refractivity contribution in [1.29, 1.82) is 0 Å². The van der Waals surface area contributed by atoms with Gasteiger partial charge in [0.05, 0.1) is 17.8 Å². The second-order valence-corrected chi connectivity index (χ2v) is 5.72. The van der Waals surface area contributed by atoms with Crippen molar-refractivity contribution in [1.82, 2.24) is 14.7 Å². The molecule has 0 unspecified atom stereocenters. The molecule has 0 aliphatic carbocycles. The predicted molar refractivity (Wildman–Crippen MR) is 85.2 cm³/mol. The van der Waals surface area contributed by atoms with E-state index in [1.165, 1.54) is 5.56 Å². The summed E-state index contributed by atoms with van der Waals surface area (Å²) in [4.78, 5) is 16.6.